The van der Waals surface area contributed by atoms with Crippen LogP contribution < -0.4 is 11.1 Å². The second kappa shape index (κ2) is 5.75. The Morgan fingerprint density at radius 2 is 2.31 bits per heavy atom. The highest BCUT2D eigenvalue weighted by Gasteiger charge is 2.07. The van der Waals surface area contributed by atoms with Crippen molar-refractivity contribution in [1.82, 2.24) is 0 Å². The maximum Gasteiger partial charge on any atom is 0.141 e. The number of halogens is 1. The standard InChI is InChI=1S/C11H16BrN3O/c1-7-3-4-10(9(12)5-7)14-8(2)6-11(13)15-16/h3-5,8,14,16H,6H2,1-2H3,(H2,13,15). The molecule has 0 bridgehead atoms. The van der Waals surface area contributed by atoms with Gasteiger partial charge in [0, 0.05) is 22.6 Å². The molecule has 88 valence electrons. The second-order valence-electron chi connectivity index (χ2n) is 3.82. The Balaban J connectivity index is 2.66. The third-order valence-electron chi connectivity index (χ3n) is 2.17. The Kier molecular flexibility index (Phi) is 4.61. The zero-order chi connectivity index (χ0) is 12.1. The number of nitrogens with two attached hydrogens (primary N) is 1. The highest BCUT2D eigenvalue weighted by Crippen LogP contribution is 2.24. The van der Waals surface area contributed by atoms with Gasteiger partial charge in [0.25, 0.3) is 0 Å². The van der Waals surface area contributed by atoms with Crippen LogP contribution in [-0.2, 0) is 0 Å². The fourth-order valence-electron chi connectivity index (χ4n) is 1.41. The molecule has 1 aromatic carbocycles. The average Bonchev–Trinajstić information content (AvgIpc) is 2.22. The van der Waals surface area contributed by atoms with E-state index >= 15 is 0 Å². The van der Waals surface area contributed by atoms with Gasteiger partial charge in [0.1, 0.15) is 5.84 Å². The lowest BCUT2D eigenvalue weighted by atomic mass is 10.2. The Labute approximate surface area is 104 Å². The van der Waals surface area contributed by atoms with E-state index in [2.05, 4.69) is 26.4 Å². The van der Waals surface area contributed by atoms with E-state index in [-0.39, 0.29) is 11.9 Å². The summed E-state index contributed by atoms with van der Waals surface area (Å²) in [6.07, 6.45) is 0.497. The Bertz CT molecular complexity index is 393. The van der Waals surface area contributed by atoms with E-state index in [1.165, 1.54) is 5.56 Å². The number of benzene rings is 1. The van der Waals surface area contributed by atoms with Crippen LogP contribution >= 0.6 is 15.9 Å². The minimum atomic E-state index is 0.106. The number of nitrogens with one attached hydrogen (secondary N) is 1. The molecule has 4 N–H and O–H groups in total. The number of hydrogen-bond acceptors (Lipinski definition) is 3. The third kappa shape index (κ3) is 3.73. The molecule has 1 atom stereocenters. The molecule has 0 fully saturated rings. The van der Waals surface area contributed by atoms with Crippen LogP contribution in [0.2, 0.25) is 0 Å². The predicted molar refractivity (Wildman–Crippen MR) is 70.0 cm³/mol. The summed E-state index contributed by atoms with van der Waals surface area (Å²) in [5.41, 5.74) is 7.64. The molecule has 1 unspecified atom stereocenters. The number of rotatable bonds is 4. The van der Waals surface area contributed by atoms with Crippen molar-refractivity contribution in [3.63, 3.8) is 0 Å². The van der Waals surface area contributed by atoms with E-state index in [1.54, 1.807) is 0 Å². The van der Waals surface area contributed by atoms with E-state index in [1.807, 2.05) is 32.0 Å². The minimum absolute atomic E-state index is 0.106. The molecule has 0 saturated carbocycles. The summed E-state index contributed by atoms with van der Waals surface area (Å²) < 4.78 is 1.01. The van der Waals surface area contributed by atoms with Crippen molar-refractivity contribution in [2.75, 3.05) is 5.32 Å². The van der Waals surface area contributed by atoms with Crippen LogP contribution in [0, 0.1) is 6.92 Å². The summed E-state index contributed by atoms with van der Waals surface area (Å²) in [5.74, 6) is 0.225. The van der Waals surface area contributed by atoms with Crippen LogP contribution in [-0.4, -0.2) is 17.1 Å². The maximum atomic E-state index is 8.47. The van der Waals surface area contributed by atoms with Crippen LogP contribution in [0.25, 0.3) is 0 Å². The van der Waals surface area contributed by atoms with E-state index in [0.717, 1.165) is 10.2 Å². The van der Waals surface area contributed by atoms with E-state index in [4.69, 9.17) is 10.9 Å². The maximum absolute atomic E-state index is 8.47. The Morgan fingerprint density at radius 1 is 1.62 bits per heavy atom. The zero-order valence-electron chi connectivity index (χ0n) is 9.37. The van der Waals surface area contributed by atoms with Crippen molar-refractivity contribution in [1.29, 1.82) is 0 Å². The van der Waals surface area contributed by atoms with Crippen molar-refractivity contribution in [3.8, 4) is 0 Å². The smallest absolute Gasteiger partial charge is 0.141 e. The van der Waals surface area contributed by atoms with Gasteiger partial charge in [0.05, 0.1) is 0 Å². The van der Waals surface area contributed by atoms with Gasteiger partial charge in [-0.25, -0.2) is 0 Å². The quantitative estimate of drug-likeness (QED) is 0.345. The molecule has 0 aliphatic heterocycles. The Morgan fingerprint density at radius 3 is 2.88 bits per heavy atom. The van der Waals surface area contributed by atoms with Crippen molar-refractivity contribution in [2.24, 2.45) is 10.9 Å². The molecule has 0 aromatic heterocycles. The molecule has 0 radical (unpaired) electrons. The van der Waals surface area contributed by atoms with E-state index in [9.17, 15) is 0 Å². The number of nitrogens with zero attached hydrogens (tertiary/aromatic N) is 1. The highest BCUT2D eigenvalue weighted by molar-refractivity contribution is 9.10. The molecule has 0 saturated heterocycles. The molecule has 0 amide bonds. The summed E-state index contributed by atoms with van der Waals surface area (Å²) in [5, 5.41) is 14.7. The molecule has 5 heteroatoms. The average molecular weight is 286 g/mol. The van der Waals surface area contributed by atoms with Gasteiger partial charge in [0.2, 0.25) is 0 Å². The lowest BCUT2D eigenvalue weighted by Gasteiger charge is -2.16. The first-order valence-corrected chi connectivity index (χ1v) is 5.81. The van der Waals surface area contributed by atoms with Crippen LogP contribution in [0.1, 0.15) is 18.9 Å². The molecular formula is C11H16BrN3O. The highest BCUT2D eigenvalue weighted by atomic mass is 79.9. The lowest BCUT2D eigenvalue weighted by Crippen LogP contribution is -2.24. The molecule has 0 spiro atoms. The summed E-state index contributed by atoms with van der Waals surface area (Å²) in [7, 11) is 0. The molecule has 1 rings (SSSR count). The zero-order valence-corrected chi connectivity index (χ0v) is 11.0. The molecule has 1 aromatic rings. The van der Waals surface area contributed by atoms with Gasteiger partial charge in [-0.2, -0.15) is 0 Å². The van der Waals surface area contributed by atoms with Gasteiger partial charge in [0.15, 0.2) is 0 Å². The van der Waals surface area contributed by atoms with Crippen LogP contribution in [0.5, 0.6) is 0 Å². The van der Waals surface area contributed by atoms with Gasteiger partial charge in [-0.05, 0) is 47.5 Å². The number of amidine groups is 1. The summed E-state index contributed by atoms with van der Waals surface area (Å²) >= 11 is 3.49. The van der Waals surface area contributed by atoms with Gasteiger partial charge >= 0.3 is 0 Å². The summed E-state index contributed by atoms with van der Waals surface area (Å²) in [4.78, 5) is 0. The lowest BCUT2D eigenvalue weighted by molar-refractivity contribution is 0.316. The van der Waals surface area contributed by atoms with Crippen molar-refractivity contribution >= 4 is 27.5 Å². The largest absolute Gasteiger partial charge is 0.409 e. The van der Waals surface area contributed by atoms with Crippen molar-refractivity contribution < 1.29 is 5.21 Å². The monoisotopic (exact) mass is 285 g/mol. The molecule has 16 heavy (non-hydrogen) atoms. The first-order chi connectivity index (χ1) is 7.52. The van der Waals surface area contributed by atoms with E-state index in [0.29, 0.717) is 6.42 Å². The molecule has 0 aliphatic rings. The second-order valence-corrected chi connectivity index (χ2v) is 4.68. The molecule has 0 heterocycles. The number of hydrogen-bond donors (Lipinski definition) is 3. The number of anilines is 1. The van der Waals surface area contributed by atoms with E-state index < -0.39 is 0 Å². The fourth-order valence-corrected chi connectivity index (χ4v) is 2.02. The first kappa shape index (κ1) is 12.8. The van der Waals surface area contributed by atoms with Gasteiger partial charge in [-0.3, -0.25) is 0 Å². The van der Waals surface area contributed by atoms with Crippen LogP contribution in [0.15, 0.2) is 27.8 Å². The van der Waals surface area contributed by atoms with Gasteiger partial charge in [-0.15, -0.1) is 0 Å². The van der Waals surface area contributed by atoms with Crippen LogP contribution in [0.4, 0.5) is 5.69 Å². The first-order valence-electron chi connectivity index (χ1n) is 5.02. The summed E-state index contributed by atoms with van der Waals surface area (Å²) in [6.45, 7) is 4.01. The van der Waals surface area contributed by atoms with Gasteiger partial charge in [-0.1, -0.05) is 11.2 Å². The topological polar surface area (TPSA) is 70.6 Å². The normalized spacial score (nSPS) is 13.6. The van der Waals surface area contributed by atoms with Crippen LogP contribution in [0.3, 0.4) is 0 Å². The molecular weight excluding hydrogens is 270 g/mol. The van der Waals surface area contributed by atoms with Gasteiger partial charge < -0.3 is 16.3 Å². The third-order valence-corrected chi connectivity index (χ3v) is 2.83. The Hall–Kier alpha value is -1.23. The molecule has 0 aliphatic carbocycles. The number of aryl methyl sites for hydroxylation is 1. The predicted octanol–water partition coefficient (Wildman–Crippen LogP) is 2.69. The fraction of sp³-hybridized carbons (Fsp3) is 0.364. The SMILES string of the molecule is Cc1ccc(NC(C)CC(N)=NO)c(Br)c1. The summed E-state index contributed by atoms with van der Waals surface area (Å²) in [6, 6.07) is 6.18. The number of oxime groups is 1. The van der Waals surface area contributed by atoms with Crippen molar-refractivity contribution in [3.05, 3.63) is 28.2 Å². The molecule has 4 nitrogen and oxygen atoms in total. The van der Waals surface area contributed by atoms with Crippen molar-refractivity contribution in [2.45, 2.75) is 26.3 Å². The minimum Gasteiger partial charge on any atom is -0.409 e.